The molecular formula is C20H14Cl2FNO2. The summed E-state index contributed by atoms with van der Waals surface area (Å²) in [4.78, 5) is 12.1. The minimum atomic E-state index is -0.733. The molecule has 0 aliphatic carbocycles. The highest BCUT2D eigenvalue weighted by atomic mass is 35.5. The zero-order valence-corrected chi connectivity index (χ0v) is 15.1. The van der Waals surface area contributed by atoms with E-state index in [1.54, 1.807) is 18.2 Å². The second-order valence-corrected chi connectivity index (χ2v) is 6.41. The lowest BCUT2D eigenvalue weighted by molar-refractivity contribution is -0.142. The molecule has 0 saturated carbocycles. The van der Waals surface area contributed by atoms with Crippen molar-refractivity contribution in [2.45, 2.75) is 18.3 Å². The monoisotopic (exact) mass is 389 g/mol. The minimum absolute atomic E-state index is 0.103. The van der Waals surface area contributed by atoms with Crippen LogP contribution in [-0.4, -0.2) is 12.6 Å². The van der Waals surface area contributed by atoms with Gasteiger partial charge in [0, 0.05) is 16.0 Å². The first-order chi connectivity index (χ1) is 12.4. The van der Waals surface area contributed by atoms with Gasteiger partial charge in [-0.1, -0.05) is 41.3 Å². The van der Waals surface area contributed by atoms with E-state index < -0.39 is 23.6 Å². The zero-order valence-electron chi connectivity index (χ0n) is 13.6. The third-order valence-electron chi connectivity index (χ3n) is 3.79. The molecule has 3 nitrogen and oxygen atoms in total. The number of halogens is 3. The molecule has 0 spiro atoms. The van der Waals surface area contributed by atoms with Crippen LogP contribution < -0.4 is 0 Å². The van der Waals surface area contributed by atoms with E-state index in [4.69, 9.17) is 34.4 Å². The van der Waals surface area contributed by atoms with Crippen LogP contribution in [0.5, 0.6) is 0 Å². The Kier molecular flexibility index (Phi) is 7.04. The highest BCUT2D eigenvalue weighted by molar-refractivity contribution is 6.34. The van der Waals surface area contributed by atoms with E-state index in [9.17, 15) is 14.4 Å². The van der Waals surface area contributed by atoms with Gasteiger partial charge in [-0.05, 0) is 41.5 Å². The number of terminal acetylenes is 1. The number of benzene rings is 2. The van der Waals surface area contributed by atoms with Crippen LogP contribution in [0.1, 0.15) is 29.4 Å². The molecule has 6 heteroatoms. The van der Waals surface area contributed by atoms with E-state index in [1.807, 2.05) is 0 Å². The fourth-order valence-corrected chi connectivity index (χ4v) is 3.19. The largest absolute Gasteiger partial charge is 0.452 e. The SMILES string of the molecule is C#CCOC(=O)CC(c1cc(Cl)cc(Cl)c1)C(C#N)c1ccc(F)cc1. The molecule has 132 valence electrons. The highest BCUT2D eigenvalue weighted by Gasteiger charge is 2.28. The molecule has 0 saturated heterocycles. The molecule has 2 aromatic rings. The van der Waals surface area contributed by atoms with Gasteiger partial charge in [0.25, 0.3) is 0 Å². The van der Waals surface area contributed by atoms with Crippen LogP contribution in [0.15, 0.2) is 42.5 Å². The van der Waals surface area contributed by atoms with Gasteiger partial charge in [-0.15, -0.1) is 6.42 Å². The molecule has 0 amide bonds. The summed E-state index contributed by atoms with van der Waals surface area (Å²) in [5.41, 5.74) is 1.18. The zero-order chi connectivity index (χ0) is 19.1. The number of hydrogen-bond acceptors (Lipinski definition) is 3. The average molecular weight is 390 g/mol. The molecule has 26 heavy (non-hydrogen) atoms. The van der Waals surface area contributed by atoms with Gasteiger partial charge in [-0.2, -0.15) is 5.26 Å². The number of esters is 1. The number of carbonyl (C=O) groups excluding carboxylic acids is 1. The predicted molar refractivity (Wildman–Crippen MR) is 98.4 cm³/mol. The average Bonchev–Trinajstić information content (AvgIpc) is 2.60. The Morgan fingerprint density at radius 3 is 2.31 bits per heavy atom. The summed E-state index contributed by atoms with van der Waals surface area (Å²) in [6, 6.07) is 12.6. The molecule has 0 N–H and O–H groups in total. The lowest BCUT2D eigenvalue weighted by Crippen LogP contribution is -2.17. The molecule has 0 aliphatic rings. The van der Waals surface area contributed by atoms with Gasteiger partial charge >= 0.3 is 5.97 Å². The number of nitrogens with zero attached hydrogens (tertiary/aromatic N) is 1. The molecule has 0 heterocycles. The predicted octanol–water partition coefficient (Wildman–Crippen LogP) is 5.09. The summed E-state index contributed by atoms with van der Waals surface area (Å²) in [5, 5.41) is 10.5. The van der Waals surface area contributed by atoms with Crippen molar-refractivity contribution >= 4 is 29.2 Å². The first-order valence-corrected chi connectivity index (χ1v) is 8.40. The summed E-state index contributed by atoms with van der Waals surface area (Å²) >= 11 is 12.1. The van der Waals surface area contributed by atoms with Crippen LogP contribution in [0.25, 0.3) is 0 Å². The van der Waals surface area contributed by atoms with Gasteiger partial charge in [0.05, 0.1) is 18.4 Å². The highest BCUT2D eigenvalue weighted by Crippen LogP contribution is 2.38. The van der Waals surface area contributed by atoms with Crippen LogP contribution in [0.3, 0.4) is 0 Å². The van der Waals surface area contributed by atoms with Crippen molar-refractivity contribution in [1.82, 2.24) is 0 Å². The van der Waals surface area contributed by atoms with Crippen LogP contribution in [-0.2, 0) is 9.53 Å². The van der Waals surface area contributed by atoms with Crippen molar-refractivity contribution in [3.63, 3.8) is 0 Å². The van der Waals surface area contributed by atoms with Gasteiger partial charge < -0.3 is 4.74 Å². The van der Waals surface area contributed by atoms with Crippen molar-refractivity contribution in [3.8, 4) is 18.4 Å². The summed E-state index contributed by atoms with van der Waals surface area (Å²) in [6.07, 6.45) is 5.00. The summed E-state index contributed by atoms with van der Waals surface area (Å²) in [5.74, 6) is -0.0698. The molecule has 0 aliphatic heterocycles. The van der Waals surface area contributed by atoms with E-state index in [-0.39, 0.29) is 13.0 Å². The van der Waals surface area contributed by atoms with E-state index in [2.05, 4.69) is 12.0 Å². The third-order valence-corrected chi connectivity index (χ3v) is 4.22. The molecule has 0 aromatic heterocycles. The summed E-state index contributed by atoms with van der Waals surface area (Å²) in [7, 11) is 0. The van der Waals surface area contributed by atoms with Gasteiger partial charge in [0.1, 0.15) is 5.82 Å². The lowest BCUT2D eigenvalue weighted by atomic mass is 9.80. The van der Waals surface area contributed by atoms with Crippen molar-refractivity contribution in [2.24, 2.45) is 0 Å². The summed E-state index contributed by atoms with van der Waals surface area (Å²) < 4.78 is 18.2. The van der Waals surface area contributed by atoms with Crippen LogP contribution in [0.4, 0.5) is 4.39 Å². The fraction of sp³-hybridized carbons (Fsp3) is 0.200. The Morgan fingerprint density at radius 2 is 1.77 bits per heavy atom. The first kappa shape index (κ1) is 19.8. The number of nitriles is 1. The molecule has 2 atom stereocenters. The van der Waals surface area contributed by atoms with Crippen LogP contribution >= 0.6 is 23.2 Å². The van der Waals surface area contributed by atoms with Crippen molar-refractivity contribution in [3.05, 3.63) is 69.5 Å². The molecule has 0 bridgehead atoms. The topological polar surface area (TPSA) is 50.1 Å². The lowest BCUT2D eigenvalue weighted by Gasteiger charge is -2.22. The number of carbonyl (C=O) groups is 1. The maximum atomic E-state index is 13.2. The van der Waals surface area contributed by atoms with E-state index in [1.165, 1.54) is 24.3 Å². The second-order valence-electron chi connectivity index (χ2n) is 5.54. The quantitative estimate of drug-likeness (QED) is 0.510. The number of rotatable bonds is 6. The molecule has 0 radical (unpaired) electrons. The fourth-order valence-electron chi connectivity index (χ4n) is 2.64. The Labute approximate surface area is 161 Å². The maximum Gasteiger partial charge on any atom is 0.307 e. The van der Waals surface area contributed by atoms with Crippen molar-refractivity contribution in [2.75, 3.05) is 6.61 Å². The maximum absolute atomic E-state index is 13.2. The van der Waals surface area contributed by atoms with E-state index in [0.29, 0.717) is 21.2 Å². The van der Waals surface area contributed by atoms with Crippen LogP contribution in [0.2, 0.25) is 10.0 Å². The smallest absolute Gasteiger partial charge is 0.307 e. The molecule has 2 rings (SSSR count). The summed E-state index contributed by atoms with van der Waals surface area (Å²) in [6.45, 7) is -0.157. The normalized spacial score (nSPS) is 12.5. The Morgan fingerprint density at radius 1 is 1.15 bits per heavy atom. The van der Waals surface area contributed by atoms with Crippen LogP contribution in [0, 0.1) is 29.5 Å². The standard InChI is InChI=1S/C20H14Cl2FNO2/c1-2-7-26-20(25)11-18(14-8-15(21)10-16(22)9-14)19(12-24)13-3-5-17(23)6-4-13/h1,3-6,8-10,18-19H,7,11H2. The third kappa shape index (κ3) is 5.23. The molecular weight excluding hydrogens is 376 g/mol. The van der Waals surface area contributed by atoms with Crippen molar-refractivity contribution in [1.29, 1.82) is 5.26 Å². The van der Waals surface area contributed by atoms with E-state index >= 15 is 0 Å². The number of hydrogen-bond donors (Lipinski definition) is 0. The Balaban J connectivity index is 2.44. The van der Waals surface area contributed by atoms with Gasteiger partial charge in [0.2, 0.25) is 0 Å². The number of ether oxygens (including phenoxy) is 1. The molecule has 2 unspecified atom stereocenters. The molecule has 0 fully saturated rings. The van der Waals surface area contributed by atoms with Gasteiger partial charge in [0.15, 0.2) is 6.61 Å². The minimum Gasteiger partial charge on any atom is -0.452 e. The van der Waals surface area contributed by atoms with Crippen molar-refractivity contribution < 1.29 is 13.9 Å². The first-order valence-electron chi connectivity index (χ1n) is 7.64. The Bertz CT molecular complexity index is 849. The van der Waals surface area contributed by atoms with Gasteiger partial charge in [-0.25, -0.2) is 4.39 Å². The molecule has 2 aromatic carbocycles. The van der Waals surface area contributed by atoms with Gasteiger partial charge in [-0.3, -0.25) is 4.79 Å². The Hall–Kier alpha value is -2.53. The van der Waals surface area contributed by atoms with E-state index in [0.717, 1.165) is 0 Å². The second kappa shape index (κ2) is 9.25.